The van der Waals surface area contributed by atoms with E-state index in [4.69, 9.17) is 16.3 Å². The molecule has 8 nitrogen and oxygen atoms in total. The Balaban J connectivity index is 2.08. The van der Waals surface area contributed by atoms with Crippen molar-refractivity contribution < 1.29 is 14.5 Å². The normalized spacial score (nSPS) is 11.2. The fourth-order valence-corrected chi connectivity index (χ4v) is 4.53. The number of nitro benzene ring substituents is 1. The van der Waals surface area contributed by atoms with Crippen LogP contribution >= 0.6 is 22.9 Å². The van der Waals surface area contributed by atoms with Gasteiger partial charge in [-0.2, -0.15) is 0 Å². The van der Waals surface area contributed by atoms with E-state index in [1.165, 1.54) is 34.4 Å². The van der Waals surface area contributed by atoms with E-state index in [0.29, 0.717) is 36.1 Å². The number of anilines is 1. The number of hydrogen-bond donors (Lipinski definition) is 0. The summed E-state index contributed by atoms with van der Waals surface area (Å²) in [6, 6.07) is 9.62. The van der Waals surface area contributed by atoms with Gasteiger partial charge >= 0.3 is 0 Å². The molecule has 10 heteroatoms. The number of halogens is 1. The highest BCUT2D eigenvalue weighted by Gasteiger charge is 2.28. The van der Waals surface area contributed by atoms with Gasteiger partial charge in [0.2, 0.25) is 0 Å². The van der Waals surface area contributed by atoms with Gasteiger partial charge in [-0.05, 0) is 44.3 Å². The molecule has 0 unspecified atom stereocenters. The van der Waals surface area contributed by atoms with Crippen molar-refractivity contribution in [3.63, 3.8) is 0 Å². The highest BCUT2D eigenvalue weighted by atomic mass is 35.5. The van der Waals surface area contributed by atoms with Gasteiger partial charge < -0.3 is 9.64 Å². The van der Waals surface area contributed by atoms with E-state index in [1.807, 2.05) is 39.0 Å². The molecule has 3 rings (SSSR count). The lowest BCUT2D eigenvalue weighted by Crippen LogP contribution is -2.39. The Bertz CT molecular complexity index is 1120. The van der Waals surface area contributed by atoms with Crippen molar-refractivity contribution >= 4 is 49.9 Å². The standard InChI is InChI=1S/C22H25ClN4O4S/c1-4-25(5-2)12-13-26(21(28)16-14-15(23)10-11-17(16)27(29)30)22-24-20-18(31-6-3)8-7-9-19(20)32-22/h7-11,14H,4-6,12-13H2,1-3H3. The van der Waals surface area contributed by atoms with Crippen LogP contribution in [-0.4, -0.2) is 53.5 Å². The second-order valence-corrected chi connectivity index (χ2v) is 8.38. The Hall–Kier alpha value is -2.75. The van der Waals surface area contributed by atoms with E-state index in [2.05, 4.69) is 9.88 Å². The maximum absolute atomic E-state index is 13.6. The first kappa shape index (κ1) is 23.9. The van der Waals surface area contributed by atoms with Crippen molar-refractivity contribution in [2.45, 2.75) is 20.8 Å². The number of carbonyl (C=O) groups excluding carboxylic acids is 1. The molecular formula is C22H25ClN4O4S. The van der Waals surface area contributed by atoms with Crippen LogP contribution in [0.4, 0.5) is 10.8 Å². The molecule has 1 amide bonds. The Morgan fingerprint density at radius 3 is 2.59 bits per heavy atom. The van der Waals surface area contributed by atoms with Crippen LogP contribution in [0.2, 0.25) is 5.02 Å². The summed E-state index contributed by atoms with van der Waals surface area (Å²) in [4.78, 5) is 32.9. The van der Waals surface area contributed by atoms with Crippen LogP contribution in [0.25, 0.3) is 10.2 Å². The number of rotatable bonds is 10. The number of ether oxygens (including phenoxy) is 1. The molecule has 1 heterocycles. The summed E-state index contributed by atoms with van der Waals surface area (Å²) in [5.41, 5.74) is 0.310. The number of amides is 1. The van der Waals surface area contributed by atoms with E-state index in [9.17, 15) is 14.9 Å². The van der Waals surface area contributed by atoms with Gasteiger partial charge in [0, 0.05) is 24.2 Å². The molecule has 2 aromatic carbocycles. The van der Waals surface area contributed by atoms with Gasteiger partial charge in [0.1, 0.15) is 16.8 Å². The number of fused-ring (bicyclic) bond motifs is 1. The molecule has 0 aliphatic rings. The summed E-state index contributed by atoms with van der Waals surface area (Å²) < 4.78 is 6.55. The molecule has 0 bridgehead atoms. The first-order valence-electron chi connectivity index (χ1n) is 10.4. The summed E-state index contributed by atoms with van der Waals surface area (Å²) in [6.07, 6.45) is 0. The number of thiazole rings is 1. The summed E-state index contributed by atoms with van der Waals surface area (Å²) in [5.74, 6) is 0.126. The average Bonchev–Trinajstić information content (AvgIpc) is 3.21. The molecule has 0 aliphatic carbocycles. The zero-order chi connectivity index (χ0) is 23.3. The smallest absolute Gasteiger partial charge is 0.282 e. The van der Waals surface area contributed by atoms with Crippen molar-refractivity contribution in [3.05, 3.63) is 57.1 Å². The van der Waals surface area contributed by atoms with Gasteiger partial charge in [0.05, 0.1) is 16.2 Å². The molecule has 3 aromatic rings. The number of carbonyl (C=O) groups is 1. The lowest BCUT2D eigenvalue weighted by Gasteiger charge is -2.24. The minimum absolute atomic E-state index is 0.0636. The Kier molecular flexibility index (Phi) is 8.00. The van der Waals surface area contributed by atoms with Crippen LogP contribution in [0, 0.1) is 10.1 Å². The molecule has 32 heavy (non-hydrogen) atoms. The topological polar surface area (TPSA) is 88.8 Å². The molecule has 0 saturated carbocycles. The lowest BCUT2D eigenvalue weighted by molar-refractivity contribution is -0.385. The van der Waals surface area contributed by atoms with Crippen LogP contribution in [0.15, 0.2) is 36.4 Å². The average molecular weight is 477 g/mol. The van der Waals surface area contributed by atoms with Gasteiger partial charge in [-0.15, -0.1) is 0 Å². The van der Waals surface area contributed by atoms with Crippen molar-refractivity contribution in [1.29, 1.82) is 0 Å². The summed E-state index contributed by atoms with van der Waals surface area (Å²) in [6.45, 7) is 9.05. The van der Waals surface area contributed by atoms with Gasteiger partial charge in [0.25, 0.3) is 11.6 Å². The van der Waals surface area contributed by atoms with Crippen molar-refractivity contribution in [2.75, 3.05) is 37.7 Å². The number of nitrogens with zero attached hydrogens (tertiary/aromatic N) is 4. The van der Waals surface area contributed by atoms with Crippen molar-refractivity contribution in [1.82, 2.24) is 9.88 Å². The van der Waals surface area contributed by atoms with Crippen LogP contribution < -0.4 is 9.64 Å². The van der Waals surface area contributed by atoms with Gasteiger partial charge in [-0.1, -0.05) is 42.9 Å². The number of likely N-dealkylation sites (N-methyl/N-ethyl adjacent to an activating group) is 1. The number of hydrogen-bond acceptors (Lipinski definition) is 7. The van der Waals surface area contributed by atoms with Crippen molar-refractivity contribution in [3.8, 4) is 5.75 Å². The van der Waals surface area contributed by atoms with Gasteiger partial charge in [0.15, 0.2) is 5.13 Å². The van der Waals surface area contributed by atoms with Gasteiger partial charge in [-0.25, -0.2) is 4.98 Å². The van der Waals surface area contributed by atoms with E-state index in [0.717, 1.165) is 17.8 Å². The monoisotopic (exact) mass is 476 g/mol. The van der Waals surface area contributed by atoms with Crippen LogP contribution in [0.5, 0.6) is 5.75 Å². The summed E-state index contributed by atoms with van der Waals surface area (Å²) >= 11 is 7.42. The number of aromatic nitrogens is 1. The van der Waals surface area contributed by atoms with E-state index in [1.54, 1.807) is 0 Å². The molecule has 0 aliphatic heterocycles. The molecule has 0 atom stereocenters. The first-order valence-corrected chi connectivity index (χ1v) is 11.6. The van der Waals surface area contributed by atoms with Crippen LogP contribution in [0.1, 0.15) is 31.1 Å². The number of benzene rings is 2. The largest absolute Gasteiger partial charge is 0.492 e. The van der Waals surface area contributed by atoms with E-state index in [-0.39, 0.29) is 16.3 Å². The SMILES string of the molecule is CCOc1cccc2sc(N(CCN(CC)CC)C(=O)c3cc(Cl)ccc3[N+](=O)[O-])nc12. The molecule has 0 radical (unpaired) electrons. The minimum atomic E-state index is -0.572. The molecule has 0 fully saturated rings. The molecule has 0 saturated heterocycles. The predicted octanol–water partition coefficient (Wildman–Crippen LogP) is 5.25. The molecule has 0 N–H and O–H groups in total. The maximum atomic E-state index is 13.6. The number of para-hydroxylation sites is 1. The second kappa shape index (κ2) is 10.7. The minimum Gasteiger partial charge on any atom is -0.492 e. The Labute approximate surface area is 195 Å². The quantitative estimate of drug-likeness (QED) is 0.293. The third kappa shape index (κ3) is 5.17. The zero-order valence-electron chi connectivity index (χ0n) is 18.2. The Morgan fingerprint density at radius 2 is 1.94 bits per heavy atom. The second-order valence-electron chi connectivity index (χ2n) is 6.93. The summed E-state index contributed by atoms with van der Waals surface area (Å²) in [7, 11) is 0. The van der Waals surface area contributed by atoms with Crippen LogP contribution in [0.3, 0.4) is 0 Å². The van der Waals surface area contributed by atoms with E-state index >= 15 is 0 Å². The first-order chi connectivity index (χ1) is 15.4. The third-order valence-electron chi connectivity index (χ3n) is 5.07. The lowest BCUT2D eigenvalue weighted by atomic mass is 10.1. The Morgan fingerprint density at radius 1 is 1.19 bits per heavy atom. The fraction of sp³-hybridized carbons (Fsp3) is 0.364. The molecule has 1 aromatic heterocycles. The third-order valence-corrected chi connectivity index (χ3v) is 6.35. The molecule has 170 valence electrons. The van der Waals surface area contributed by atoms with Crippen LogP contribution in [-0.2, 0) is 0 Å². The fourth-order valence-electron chi connectivity index (χ4n) is 3.35. The van der Waals surface area contributed by atoms with E-state index < -0.39 is 10.8 Å². The maximum Gasteiger partial charge on any atom is 0.282 e. The predicted molar refractivity (Wildman–Crippen MR) is 128 cm³/mol. The molecule has 0 spiro atoms. The highest BCUT2D eigenvalue weighted by molar-refractivity contribution is 7.22. The number of nitro groups is 1. The summed E-state index contributed by atoms with van der Waals surface area (Å²) in [5, 5.41) is 12.3. The highest BCUT2D eigenvalue weighted by Crippen LogP contribution is 2.35. The molecular weight excluding hydrogens is 452 g/mol. The van der Waals surface area contributed by atoms with Crippen molar-refractivity contribution in [2.24, 2.45) is 0 Å². The van der Waals surface area contributed by atoms with Gasteiger partial charge in [-0.3, -0.25) is 19.8 Å². The zero-order valence-corrected chi connectivity index (χ0v) is 19.8.